The van der Waals surface area contributed by atoms with Gasteiger partial charge in [-0.2, -0.15) is 0 Å². The predicted octanol–water partition coefficient (Wildman–Crippen LogP) is 3.80. The zero-order valence-electron chi connectivity index (χ0n) is 10.9. The highest BCUT2D eigenvalue weighted by Gasteiger charge is 2.18. The average Bonchev–Trinajstić information content (AvgIpc) is 2.40. The van der Waals surface area contributed by atoms with Gasteiger partial charge in [0, 0.05) is 6.54 Å². The van der Waals surface area contributed by atoms with Crippen molar-refractivity contribution in [1.29, 1.82) is 0 Å². The lowest BCUT2D eigenvalue weighted by Gasteiger charge is -2.06. The Morgan fingerprint density at radius 1 is 1.05 bits per heavy atom. The molecule has 1 aromatic carbocycles. The highest BCUT2D eigenvalue weighted by atomic mass is 19.2. The van der Waals surface area contributed by atoms with Gasteiger partial charge in [0.25, 0.3) is 5.91 Å². The monoisotopic (exact) mass is 273 g/mol. The second-order valence-corrected chi connectivity index (χ2v) is 4.39. The molecule has 0 bridgehead atoms. The smallest absolute Gasteiger partial charge is 0.254 e. The predicted molar refractivity (Wildman–Crippen MR) is 67.4 cm³/mol. The summed E-state index contributed by atoms with van der Waals surface area (Å²) in [4.78, 5) is 11.6. The summed E-state index contributed by atoms with van der Waals surface area (Å²) >= 11 is 0. The van der Waals surface area contributed by atoms with Gasteiger partial charge < -0.3 is 5.32 Å². The van der Waals surface area contributed by atoms with E-state index in [-0.39, 0.29) is 0 Å². The molecule has 1 aromatic rings. The van der Waals surface area contributed by atoms with E-state index in [1.54, 1.807) is 0 Å². The summed E-state index contributed by atoms with van der Waals surface area (Å²) in [6, 6.07) is 1.69. The molecule has 19 heavy (non-hydrogen) atoms. The van der Waals surface area contributed by atoms with Crippen LogP contribution >= 0.6 is 0 Å². The molecule has 0 heterocycles. The highest BCUT2D eigenvalue weighted by molar-refractivity contribution is 5.94. The van der Waals surface area contributed by atoms with Crippen molar-refractivity contribution < 1.29 is 18.0 Å². The van der Waals surface area contributed by atoms with E-state index in [1.807, 2.05) is 0 Å². The molecule has 2 nitrogen and oxygen atoms in total. The van der Waals surface area contributed by atoms with Crippen LogP contribution in [0.3, 0.4) is 0 Å². The van der Waals surface area contributed by atoms with Crippen molar-refractivity contribution in [3.8, 4) is 0 Å². The first-order valence-corrected chi connectivity index (χ1v) is 6.49. The number of benzene rings is 1. The lowest BCUT2D eigenvalue weighted by atomic mass is 10.1. The van der Waals surface area contributed by atoms with Crippen molar-refractivity contribution in [3.05, 3.63) is 35.1 Å². The first-order chi connectivity index (χ1) is 9.07. The minimum atomic E-state index is -1.62. The van der Waals surface area contributed by atoms with Crippen LogP contribution in [0.2, 0.25) is 0 Å². The zero-order valence-corrected chi connectivity index (χ0v) is 10.9. The Morgan fingerprint density at radius 2 is 1.74 bits per heavy atom. The summed E-state index contributed by atoms with van der Waals surface area (Å²) in [5, 5.41) is 2.50. The second kappa shape index (κ2) is 7.81. The Morgan fingerprint density at radius 3 is 2.42 bits per heavy atom. The quantitative estimate of drug-likeness (QED) is 0.594. The highest BCUT2D eigenvalue weighted by Crippen LogP contribution is 2.15. The summed E-state index contributed by atoms with van der Waals surface area (Å²) in [7, 11) is 0. The van der Waals surface area contributed by atoms with Crippen LogP contribution in [0.1, 0.15) is 49.4 Å². The van der Waals surface area contributed by atoms with Gasteiger partial charge in [-0.15, -0.1) is 0 Å². The molecule has 0 aliphatic carbocycles. The summed E-state index contributed by atoms with van der Waals surface area (Å²) in [5.74, 6) is -5.07. The van der Waals surface area contributed by atoms with E-state index >= 15 is 0 Å². The van der Waals surface area contributed by atoms with Crippen molar-refractivity contribution in [1.82, 2.24) is 5.32 Å². The molecule has 106 valence electrons. The van der Waals surface area contributed by atoms with Gasteiger partial charge in [-0.25, -0.2) is 13.2 Å². The van der Waals surface area contributed by atoms with Crippen LogP contribution in [0, 0.1) is 17.5 Å². The Hall–Kier alpha value is -1.52. The number of amides is 1. The maximum Gasteiger partial charge on any atom is 0.254 e. The first-order valence-electron chi connectivity index (χ1n) is 6.49. The fraction of sp³-hybridized carbons (Fsp3) is 0.500. The molecule has 1 N–H and O–H groups in total. The number of carbonyl (C=O) groups excluding carboxylic acids is 1. The van der Waals surface area contributed by atoms with Crippen molar-refractivity contribution in [3.63, 3.8) is 0 Å². The molecule has 0 unspecified atom stereocenters. The van der Waals surface area contributed by atoms with Crippen molar-refractivity contribution in [2.75, 3.05) is 6.54 Å². The van der Waals surface area contributed by atoms with E-state index in [0.29, 0.717) is 6.54 Å². The number of carbonyl (C=O) groups is 1. The molecular formula is C14H18F3NO. The van der Waals surface area contributed by atoms with Crippen LogP contribution in [0.5, 0.6) is 0 Å². The van der Waals surface area contributed by atoms with Crippen LogP contribution < -0.4 is 5.32 Å². The summed E-state index contributed by atoms with van der Waals surface area (Å²) in [5.41, 5.74) is -0.465. The van der Waals surface area contributed by atoms with E-state index in [9.17, 15) is 18.0 Å². The standard InChI is InChI=1S/C14H18F3NO/c1-2-3-4-5-6-9-18-14(19)10-7-8-11(15)13(17)12(10)16/h7-8H,2-6,9H2,1H3,(H,18,19). The topological polar surface area (TPSA) is 29.1 Å². The van der Waals surface area contributed by atoms with Crippen molar-refractivity contribution >= 4 is 5.91 Å². The summed E-state index contributed by atoms with van der Waals surface area (Å²) < 4.78 is 39.0. The van der Waals surface area contributed by atoms with Gasteiger partial charge >= 0.3 is 0 Å². The Kier molecular flexibility index (Phi) is 6.39. The number of hydrogen-bond acceptors (Lipinski definition) is 1. The third-order valence-electron chi connectivity index (χ3n) is 2.85. The SMILES string of the molecule is CCCCCCCNC(=O)c1ccc(F)c(F)c1F. The molecule has 0 fully saturated rings. The van der Waals surface area contributed by atoms with E-state index < -0.39 is 28.9 Å². The summed E-state index contributed by atoms with van der Waals surface area (Å²) in [6.07, 6.45) is 5.13. The van der Waals surface area contributed by atoms with Gasteiger partial charge in [0.1, 0.15) is 0 Å². The fourth-order valence-corrected chi connectivity index (χ4v) is 1.73. The number of rotatable bonds is 7. The number of hydrogen-bond donors (Lipinski definition) is 1. The molecule has 1 amide bonds. The minimum Gasteiger partial charge on any atom is -0.352 e. The third kappa shape index (κ3) is 4.58. The summed E-state index contributed by atoms with van der Waals surface area (Å²) in [6.45, 7) is 2.51. The van der Waals surface area contributed by atoms with Gasteiger partial charge in [-0.1, -0.05) is 32.6 Å². The van der Waals surface area contributed by atoms with Crippen LogP contribution in [-0.4, -0.2) is 12.5 Å². The maximum atomic E-state index is 13.3. The molecular weight excluding hydrogens is 255 g/mol. The van der Waals surface area contributed by atoms with Crippen molar-refractivity contribution in [2.24, 2.45) is 0 Å². The normalized spacial score (nSPS) is 10.5. The molecule has 0 aliphatic rings. The van der Waals surface area contributed by atoms with Gasteiger partial charge in [0.15, 0.2) is 17.5 Å². The van der Waals surface area contributed by atoms with E-state index in [0.717, 1.165) is 44.2 Å². The van der Waals surface area contributed by atoms with Gasteiger partial charge in [-0.05, 0) is 18.6 Å². The van der Waals surface area contributed by atoms with Gasteiger partial charge in [0.2, 0.25) is 0 Å². The molecule has 0 saturated carbocycles. The number of nitrogens with one attached hydrogen (secondary N) is 1. The Bertz CT molecular complexity index is 435. The Balaban J connectivity index is 2.44. The molecule has 0 aliphatic heterocycles. The van der Waals surface area contributed by atoms with Crippen LogP contribution in [0.25, 0.3) is 0 Å². The first kappa shape index (κ1) is 15.5. The lowest BCUT2D eigenvalue weighted by Crippen LogP contribution is -2.25. The van der Waals surface area contributed by atoms with E-state index in [4.69, 9.17) is 0 Å². The van der Waals surface area contributed by atoms with Gasteiger partial charge in [-0.3, -0.25) is 4.79 Å². The third-order valence-corrected chi connectivity index (χ3v) is 2.85. The molecule has 0 atom stereocenters. The fourth-order valence-electron chi connectivity index (χ4n) is 1.73. The molecule has 0 spiro atoms. The van der Waals surface area contributed by atoms with Crippen LogP contribution in [0.15, 0.2) is 12.1 Å². The second-order valence-electron chi connectivity index (χ2n) is 4.39. The van der Waals surface area contributed by atoms with E-state index in [2.05, 4.69) is 12.2 Å². The number of unbranched alkanes of at least 4 members (excludes halogenated alkanes) is 4. The van der Waals surface area contributed by atoms with Crippen LogP contribution in [0.4, 0.5) is 13.2 Å². The average molecular weight is 273 g/mol. The van der Waals surface area contributed by atoms with E-state index in [1.165, 1.54) is 0 Å². The Labute approximate surface area is 111 Å². The number of halogens is 3. The molecule has 5 heteroatoms. The van der Waals surface area contributed by atoms with Crippen LogP contribution in [-0.2, 0) is 0 Å². The zero-order chi connectivity index (χ0) is 14.3. The van der Waals surface area contributed by atoms with Gasteiger partial charge in [0.05, 0.1) is 5.56 Å². The largest absolute Gasteiger partial charge is 0.352 e. The molecule has 0 saturated heterocycles. The maximum absolute atomic E-state index is 13.3. The minimum absolute atomic E-state index is 0.404. The van der Waals surface area contributed by atoms with Crippen molar-refractivity contribution in [2.45, 2.75) is 39.0 Å². The molecule has 0 radical (unpaired) electrons. The lowest BCUT2D eigenvalue weighted by molar-refractivity contribution is 0.0947. The molecule has 1 rings (SSSR count). The molecule has 0 aromatic heterocycles.